The van der Waals surface area contributed by atoms with Crippen molar-refractivity contribution < 1.29 is 9.59 Å². The Kier molecular flexibility index (Phi) is 6.87. The first-order chi connectivity index (χ1) is 15.6. The van der Waals surface area contributed by atoms with E-state index in [1.807, 2.05) is 60.8 Å². The van der Waals surface area contributed by atoms with Gasteiger partial charge in [0.05, 0.1) is 18.4 Å². The number of piperazine rings is 1. The fourth-order valence-corrected chi connectivity index (χ4v) is 3.64. The number of benzene rings is 2. The van der Waals surface area contributed by atoms with Gasteiger partial charge in [0.2, 0.25) is 11.8 Å². The summed E-state index contributed by atoms with van der Waals surface area (Å²) >= 11 is 5.94. The van der Waals surface area contributed by atoms with Gasteiger partial charge in [-0.2, -0.15) is 5.10 Å². The quantitative estimate of drug-likeness (QED) is 0.587. The number of carbonyl (C=O) groups excluding carboxylic acids is 2. The second kappa shape index (κ2) is 10.2. The molecular weight excluding hydrogens is 426 g/mol. The van der Waals surface area contributed by atoms with Gasteiger partial charge >= 0.3 is 0 Å². The van der Waals surface area contributed by atoms with E-state index in [0.29, 0.717) is 18.1 Å². The van der Waals surface area contributed by atoms with Gasteiger partial charge in [-0.3, -0.25) is 9.59 Å². The van der Waals surface area contributed by atoms with Gasteiger partial charge in [0.25, 0.3) is 0 Å². The highest BCUT2D eigenvalue weighted by molar-refractivity contribution is 6.30. The molecule has 2 heterocycles. The van der Waals surface area contributed by atoms with E-state index >= 15 is 0 Å². The van der Waals surface area contributed by atoms with E-state index in [0.717, 1.165) is 30.0 Å². The van der Waals surface area contributed by atoms with Gasteiger partial charge in [0.15, 0.2) is 0 Å². The Labute approximate surface area is 191 Å². The number of rotatable bonds is 6. The van der Waals surface area contributed by atoms with Crippen LogP contribution in [0.1, 0.15) is 5.56 Å². The van der Waals surface area contributed by atoms with E-state index in [-0.39, 0.29) is 18.4 Å². The number of hydrogen-bond acceptors (Lipinski definition) is 4. The molecule has 1 saturated heterocycles. The predicted molar refractivity (Wildman–Crippen MR) is 126 cm³/mol. The SMILES string of the molecule is O=C(/C=C/c1cnn(-c2ccccc2)c1)NCC(=O)N1CCN(c2ccc(Cl)cc2)CC1. The van der Waals surface area contributed by atoms with E-state index in [9.17, 15) is 9.59 Å². The highest BCUT2D eigenvalue weighted by atomic mass is 35.5. The lowest BCUT2D eigenvalue weighted by atomic mass is 10.2. The third kappa shape index (κ3) is 5.56. The van der Waals surface area contributed by atoms with Crippen molar-refractivity contribution in [2.24, 2.45) is 0 Å². The van der Waals surface area contributed by atoms with Crippen LogP contribution in [-0.4, -0.2) is 59.2 Å². The van der Waals surface area contributed by atoms with Gasteiger partial charge < -0.3 is 15.1 Å². The number of nitrogens with one attached hydrogen (secondary N) is 1. The van der Waals surface area contributed by atoms with Gasteiger partial charge in [-0.1, -0.05) is 29.8 Å². The molecule has 32 heavy (non-hydrogen) atoms. The lowest BCUT2D eigenvalue weighted by molar-refractivity contribution is -0.132. The molecule has 2 aromatic carbocycles. The maximum Gasteiger partial charge on any atom is 0.244 e. The molecule has 2 amide bonds. The molecule has 1 N–H and O–H groups in total. The lowest BCUT2D eigenvalue weighted by Crippen LogP contribution is -2.51. The number of nitrogens with zero attached hydrogens (tertiary/aromatic N) is 4. The van der Waals surface area contributed by atoms with Crippen LogP contribution in [0, 0.1) is 0 Å². The summed E-state index contributed by atoms with van der Waals surface area (Å²) in [6.07, 6.45) is 6.61. The molecular formula is C24H24ClN5O2. The Bertz CT molecular complexity index is 1090. The molecule has 7 nitrogen and oxygen atoms in total. The monoisotopic (exact) mass is 449 g/mol. The molecule has 0 unspecified atom stereocenters. The summed E-state index contributed by atoms with van der Waals surface area (Å²) in [5.74, 6) is -0.398. The van der Waals surface area contributed by atoms with Gasteiger partial charge in [0.1, 0.15) is 0 Å². The van der Waals surface area contributed by atoms with Gasteiger partial charge in [-0.15, -0.1) is 0 Å². The summed E-state index contributed by atoms with van der Waals surface area (Å²) in [7, 11) is 0. The van der Waals surface area contributed by atoms with Crippen molar-refractivity contribution in [1.82, 2.24) is 20.0 Å². The zero-order chi connectivity index (χ0) is 22.3. The normalized spacial score (nSPS) is 14.0. The van der Waals surface area contributed by atoms with Crippen LogP contribution < -0.4 is 10.2 Å². The third-order valence-electron chi connectivity index (χ3n) is 5.29. The largest absolute Gasteiger partial charge is 0.368 e. The van der Waals surface area contributed by atoms with Crippen LogP contribution in [0.25, 0.3) is 11.8 Å². The predicted octanol–water partition coefficient (Wildman–Crippen LogP) is 3.00. The van der Waals surface area contributed by atoms with E-state index < -0.39 is 0 Å². The number of para-hydroxylation sites is 1. The maximum atomic E-state index is 12.5. The molecule has 0 bridgehead atoms. The Balaban J connectivity index is 1.22. The van der Waals surface area contributed by atoms with Crippen LogP contribution in [-0.2, 0) is 9.59 Å². The number of aromatic nitrogens is 2. The molecule has 0 atom stereocenters. The van der Waals surface area contributed by atoms with Crippen molar-refractivity contribution in [1.29, 1.82) is 0 Å². The fourth-order valence-electron chi connectivity index (χ4n) is 3.52. The van der Waals surface area contributed by atoms with E-state index in [2.05, 4.69) is 15.3 Å². The number of anilines is 1. The van der Waals surface area contributed by atoms with Crippen molar-refractivity contribution in [3.63, 3.8) is 0 Å². The minimum atomic E-state index is -0.314. The van der Waals surface area contributed by atoms with Gasteiger partial charge in [-0.05, 0) is 42.5 Å². The molecule has 0 saturated carbocycles. The highest BCUT2D eigenvalue weighted by Gasteiger charge is 2.21. The van der Waals surface area contributed by atoms with Gasteiger partial charge in [0, 0.05) is 54.7 Å². The minimum absolute atomic E-state index is 0.0204. The van der Waals surface area contributed by atoms with Crippen molar-refractivity contribution in [3.8, 4) is 5.69 Å². The second-order valence-electron chi connectivity index (χ2n) is 7.45. The average Bonchev–Trinajstić information content (AvgIpc) is 3.31. The molecule has 1 aromatic heterocycles. The zero-order valence-corrected chi connectivity index (χ0v) is 18.3. The molecule has 164 valence electrons. The first-order valence-corrected chi connectivity index (χ1v) is 10.8. The Morgan fingerprint density at radius 1 is 0.969 bits per heavy atom. The molecule has 3 aromatic rings. The summed E-state index contributed by atoms with van der Waals surface area (Å²) in [6.45, 7) is 2.70. The maximum absolute atomic E-state index is 12.5. The van der Waals surface area contributed by atoms with Crippen molar-refractivity contribution in [3.05, 3.63) is 83.7 Å². The average molecular weight is 450 g/mol. The molecule has 0 radical (unpaired) electrons. The van der Waals surface area contributed by atoms with Crippen LogP contribution in [0.5, 0.6) is 0 Å². The van der Waals surface area contributed by atoms with Crippen LogP contribution in [0.2, 0.25) is 5.02 Å². The summed E-state index contributed by atoms with van der Waals surface area (Å²) in [6, 6.07) is 17.4. The van der Waals surface area contributed by atoms with E-state index in [1.54, 1.807) is 21.9 Å². The molecule has 1 aliphatic heterocycles. The Hall–Kier alpha value is -3.58. The van der Waals surface area contributed by atoms with Gasteiger partial charge in [-0.25, -0.2) is 4.68 Å². The molecule has 4 rings (SSSR count). The highest BCUT2D eigenvalue weighted by Crippen LogP contribution is 2.19. The van der Waals surface area contributed by atoms with Crippen molar-refractivity contribution >= 4 is 35.2 Å². The summed E-state index contributed by atoms with van der Waals surface area (Å²) < 4.78 is 1.74. The number of amides is 2. The summed E-state index contributed by atoms with van der Waals surface area (Å²) in [4.78, 5) is 28.6. The molecule has 0 spiro atoms. The summed E-state index contributed by atoms with van der Waals surface area (Å²) in [5, 5.41) is 7.67. The third-order valence-corrected chi connectivity index (χ3v) is 5.54. The number of hydrogen-bond donors (Lipinski definition) is 1. The Morgan fingerprint density at radius 2 is 1.69 bits per heavy atom. The molecule has 0 aliphatic carbocycles. The second-order valence-corrected chi connectivity index (χ2v) is 7.89. The standard InChI is InChI=1S/C24H24ClN5O2/c25-20-7-9-21(10-8-20)28-12-14-29(15-13-28)24(32)17-26-23(31)11-6-19-16-27-30(18-19)22-4-2-1-3-5-22/h1-11,16,18H,12-15,17H2,(H,26,31)/b11-6+. The van der Waals surface area contributed by atoms with Crippen molar-refractivity contribution in [2.45, 2.75) is 0 Å². The van der Waals surface area contributed by atoms with Crippen LogP contribution >= 0.6 is 11.6 Å². The zero-order valence-electron chi connectivity index (χ0n) is 17.5. The molecule has 8 heteroatoms. The first kappa shape index (κ1) is 21.6. The number of halogens is 1. The lowest BCUT2D eigenvalue weighted by Gasteiger charge is -2.36. The molecule has 1 fully saturated rings. The fraction of sp³-hybridized carbons (Fsp3) is 0.208. The first-order valence-electron chi connectivity index (χ1n) is 10.4. The van der Waals surface area contributed by atoms with Crippen LogP contribution in [0.3, 0.4) is 0 Å². The smallest absolute Gasteiger partial charge is 0.244 e. The molecule has 1 aliphatic rings. The topological polar surface area (TPSA) is 70.5 Å². The minimum Gasteiger partial charge on any atom is -0.368 e. The van der Waals surface area contributed by atoms with Crippen molar-refractivity contribution in [2.75, 3.05) is 37.6 Å². The number of carbonyl (C=O) groups is 2. The van der Waals surface area contributed by atoms with Crippen LogP contribution in [0.4, 0.5) is 5.69 Å². The summed E-state index contributed by atoms with van der Waals surface area (Å²) in [5.41, 5.74) is 2.84. The van der Waals surface area contributed by atoms with Crippen LogP contribution in [0.15, 0.2) is 73.1 Å². The van der Waals surface area contributed by atoms with E-state index in [1.165, 1.54) is 6.08 Å². The Morgan fingerprint density at radius 3 is 2.41 bits per heavy atom. The van der Waals surface area contributed by atoms with E-state index in [4.69, 9.17) is 11.6 Å².